The van der Waals surface area contributed by atoms with Gasteiger partial charge in [-0.2, -0.15) is 13.2 Å². The Morgan fingerprint density at radius 3 is 2.59 bits per heavy atom. The third kappa shape index (κ3) is 4.07. The molecule has 0 saturated carbocycles. The number of benzene rings is 1. The molecule has 0 heterocycles. The highest BCUT2D eigenvalue weighted by Crippen LogP contribution is 2.36. The normalized spacial score (nSPS) is 11.4. The summed E-state index contributed by atoms with van der Waals surface area (Å²) in [5.41, 5.74) is 0.270. The van der Waals surface area contributed by atoms with Crippen LogP contribution < -0.4 is 5.32 Å². The molecule has 0 aliphatic rings. The molecule has 1 N–H and O–H groups in total. The van der Waals surface area contributed by atoms with Crippen LogP contribution in [-0.2, 0) is 6.18 Å². The molecule has 0 bridgehead atoms. The van der Waals surface area contributed by atoms with Crippen LogP contribution in [0.2, 0.25) is 0 Å². The molecule has 17 heavy (non-hydrogen) atoms. The topological polar surface area (TPSA) is 12.0 Å². The van der Waals surface area contributed by atoms with Gasteiger partial charge in [0.25, 0.3) is 0 Å². The van der Waals surface area contributed by atoms with Crippen molar-refractivity contribution in [1.82, 2.24) is 0 Å². The van der Waals surface area contributed by atoms with Crippen LogP contribution >= 0.6 is 15.9 Å². The molecule has 5 heteroatoms. The van der Waals surface area contributed by atoms with Crippen LogP contribution in [0.5, 0.6) is 0 Å². The van der Waals surface area contributed by atoms with Crippen molar-refractivity contribution in [3.05, 3.63) is 40.4 Å². The highest BCUT2D eigenvalue weighted by atomic mass is 79.9. The molecule has 0 atom stereocenters. The highest BCUT2D eigenvalue weighted by Gasteiger charge is 2.33. The first-order chi connectivity index (χ1) is 7.84. The minimum atomic E-state index is -4.36. The Morgan fingerprint density at radius 2 is 2.06 bits per heavy atom. The van der Waals surface area contributed by atoms with E-state index in [0.29, 0.717) is 11.0 Å². The summed E-state index contributed by atoms with van der Waals surface area (Å²) in [5, 5.41) is 2.76. The lowest BCUT2D eigenvalue weighted by atomic mass is 10.1. The second-order valence-corrected chi connectivity index (χ2v) is 4.56. The van der Waals surface area contributed by atoms with Crippen molar-refractivity contribution >= 4 is 21.6 Å². The maximum atomic E-state index is 12.8. The van der Waals surface area contributed by atoms with Gasteiger partial charge >= 0.3 is 6.18 Å². The Kier molecular flexibility index (Phi) is 4.62. The van der Waals surface area contributed by atoms with E-state index in [1.54, 1.807) is 6.07 Å². The van der Waals surface area contributed by atoms with Crippen LogP contribution in [-0.4, -0.2) is 6.54 Å². The average Bonchev–Trinajstić information content (AvgIpc) is 2.25. The molecule has 1 aromatic carbocycles. The molecular weight excluding hydrogens is 295 g/mol. The Morgan fingerprint density at radius 1 is 1.41 bits per heavy atom. The zero-order chi connectivity index (χ0) is 13.1. The summed E-state index contributed by atoms with van der Waals surface area (Å²) in [5.74, 6) is 0. The molecule has 1 rings (SSSR count). The van der Waals surface area contributed by atoms with E-state index < -0.39 is 11.7 Å². The summed E-state index contributed by atoms with van der Waals surface area (Å²) in [6, 6.07) is 4.05. The molecule has 0 fully saturated rings. The van der Waals surface area contributed by atoms with E-state index in [4.69, 9.17) is 0 Å². The fraction of sp³-hybridized carbons (Fsp3) is 0.333. The molecule has 0 aromatic heterocycles. The van der Waals surface area contributed by atoms with Crippen LogP contribution in [0.1, 0.15) is 18.9 Å². The van der Waals surface area contributed by atoms with Gasteiger partial charge in [0.15, 0.2) is 0 Å². The highest BCUT2D eigenvalue weighted by molar-refractivity contribution is 9.10. The van der Waals surface area contributed by atoms with Gasteiger partial charge in [-0.1, -0.05) is 35.0 Å². The minimum Gasteiger partial charge on any atom is -0.381 e. The number of hydrogen-bond acceptors (Lipinski definition) is 1. The van der Waals surface area contributed by atoms with Crippen molar-refractivity contribution in [2.24, 2.45) is 0 Å². The van der Waals surface area contributed by atoms with Gasteiger partial charge in [-0.3, -0.25) is 0 Å². The number of halogens is 4. The van der Waals surface area contributed by atoms with Gasteiger partial charge in [0.05, 0.1) is 5.56 Å². The largest absolute Gasteiger partial charge is 0.418 e. The van der Waals surface area contributed by atoms with E-state index >= 15 is 0 Å². The van der Waals surface area contributed by atoms with E-state index in [9.17, 15) is 13.2 Å². The van der Waals surface area contributed by atoms with Gasteiger partial charge in [-0.05, 0) is 24.6 Å². The zero-order valence-electron chi connectivity index (χ0n) is 9.37. The number of rotatable bonds is 4. The second-order valence-electron chi connectivity index (χ2n) is 3.64. The van der Waals surface area contributed by atoms with Crippen LogP contribution in [0.25, 0.3) is 0 Å². The Bertz CT molecular complexity index is 413. The standard InChI is InChI=1S/C12H13BrF3N/c1-3-8(2)7-17-11-5-4-9(13)6-10(11)12(14,15)16/h4-6,17H,2-3,7H2,1H3. The third-order valence-corrected chi connectivity index (χ3v) is 2.81. The fourth-order valence-corrected chi connectivity index (χ4v) is 1.61. The van der Waals surface area contributed by atoms with Gasteiger partial charge in [-0.15, -0.1) is 0 Å². The smallest absolute Gasteiger partial charge is 0.381 e. The van der Waals surface area contributed by atoms with Gasteiger partial charge in [0, 0.05) is 16.7 Å². The van der Waals surface area contributed by atoms with Crippen molar-refractivity contribution < 1.29 is 13.2 Å². The molecule has 0 spiro atoms. The van der Waals surface area contributed by atoms with Crippen molar-refractivity contribution in [3.63, 3.8) is 0 Å². The first kappa shape index (κ1) is 14.1. The lowest BCUT2D eigenvalue weighted by Gasteiger charge is -2.15. The predicted molar refractivity (Wildman–Crippen MR) is 67.1 cm³/mol. The molecule has 0 amide bonds. The van der Waals surface area contributed by atoms with Gasteiger partial charge in [0.1, 0.15) is 0 Å². The summed E-state index contributed by atoms with van der Waals surface area (Å²) in [7, 11) is 0. The van der Waals surface area contributed by atoms with E-state index in [1.807, 2.05) is 6.92 Å². The molecule has 94 valence electrons. The first-order valence-electron chi connectivity index (χ1n) is 5.12. The van der Waals surface area contributed by atoms with Crippen LogP contribution in [0, 0.1) is 0 Å². The maximum absolute atomic E-state index is 12.8. The summed E-state index contributed by atoms with van der Waals surface area (Å²) in [6.45, 7) is 6.01. The lowest BCUT2D eigenvalue weighted by molar-refractivity contribution is -0.137. The second kappa shape index (κ2) is 5.58. The molecule has 0 aliphatic carbocycles. The predicted octanol–water partition coefficient (Wildman–Crippen LogP) is 4.85. The minimum absolute atomic E-state index is 0.0790. The summed E-state index contributed by atoms with van der Waals surface area (Å²) >= 11 is 3.04. The molecule has 1 aromatic rings. The third-order valence-electron chi connectivity index (χ3n) is 2.32. The Hall–Kier alpha value is -0.970. The summed E-state index contributed by atoms with van der Waals surface area (Å²) in [4.78, 5) is 0. The quantitative estimate of drug-likeness (QED) is 0.784. The van der Waals surface area contributed by atoms with Gasteiger partial charge in [0.2, 0.25) is 0 Å². The average molecular weight is 308 g/mol. The van der Waals surface area contributed by atoms with E-state index in [-0.39, 0.29) is 5.69 Å². The summed E-state index contributed by atoms with van der Waals surface area (Å²) < 4.78 is 38.7. The van der Waals surface area contributed by atoms with Gasteiger partial charge in [-0.25, -0.2) is 0 Å². The number of alkyl halides is 3. The molecule has 1 nitrogen and oxygen atoms in total. The number of hydrogen-bond donors (Lipinski definition) is 1. The van der Waals surface area contributed by atoms with Crippen molar-refractivity contribution in [2.75, 3.05) is 11.9 Å². The summed E-state index contributed by atoms with van der Waals surface area (Å²) in [6.07, 6.45) is -3.62. The fourth-order valence-electron chi connectivity index (χ4n) is 1.25. The van der Waals surface area contributed by atoms with Crippen LogP contribution in [0.15, 0.2) is 34.8 Å². The van der Waals surface area contributed by atoms with E-state index in [2.05, 4.69) is 27.8 Å². The monoisotopic (exact) mass is 307 g/mol. The molecule has 0 unspecified atom stereocenters. The van der Waals surface area contributed by atoms with Crippen molar-refractivity contribution in [2.45, 2.75) is 19.5 Å². The molecule has 0 saturated heterocycles. The maximum Gasteiger partial charge on any atom is 0.418 e. The van der Waals surface area contributed by atoms with Gasteiger partial charge < -0.3 is 5.32 Å². The molecule has 0 aliphatic heterocycles. The van der Waals surface area contributed by atoms with Crippen molar-refractivity contribution in [3.8, 4) is 0 Å². The number of nitrogens with one attached hydrogen (secondary N) is 1. The van der Waals surface area contributed by atoms with E-state index in [0.717, 1.165) is 18.1 Å². The Labute approximate surface area is 107 Å². The first-order valence-corrected chi connectivity index (χ1v) is 5.91. The van der Waals surface area contributed by atoms with E-state index in [1.165, 1.54) is 6.07 Å². The van der Waals surface area contributed by atoms with Crippen LogP contribution in [0.3, 0.4) is 0 Å². The number of anilines is 1. The molecule has 0 radical (unpaired) electrons. The van der Waals surface area contributed by atoms with Crippen LogP contribution in [0.4, 0.5) is 18.9 Å². The SMILES string of the molecule is C=C(CC)CNc1ccc(Br)cc1C(F)(F)F. The lowest BCUT2D eigenvalue weighted by Crippen LogP contribution is -2.12. The zero-order valence-corrected chi connectivity index (χ0v) is 11.0. The molecular formula is C12H13BrF3N. The Balaban J connectivity index is 2.95. The van der Waals surface area contributed by atoms with Crippen molar-refractivity contribution in [1.29, 1.82) is 0 Å².